The molecule has 21 heavy (non-hydrogen) atoms. The van der Waals surface area contributed by atoms with E-state index < -0.39 is 0 Å². The third-order valence-electron chi connectivity index (χ3n) is 3.86. The van der Waals surface area contributed by atoms with Crippen LogP contribution < -0.4 is 10.9 Å². The van der Waals surface area contributed by atoms with Crippen molar-refractivity contribution in [3.8, 4) is 0 Å². The van der Waals surface area contributed by atoms with Crippen molar-refractivity contribution in [3.63, 3.8) is 0 Å². The highest BCUT2D eigenvalue weighted by Gasteiger charge is 2.16. The van der Waals surface area contributed by atoms with Crippen molar-refractivity contribution in [2.45, 2.75) is 25.6 Å². The van der Waals surface area contributed by atoms with Crippen LogP contribution in [0.4, 0.5) is 0 Å². The van der Waals surface area contributed by atoms with Gasteiger partial charge in [-0.05, 0) is 19.0 Å². The zero-order valence-corrected chi connectivity index (χ0v) is 12.5. The van der Waals surface area contributed by atoms with Gasteiger partial charge < -0.3 is 4.57 Å². The standard InChI is InChI=1S/C16H23N5/c1-20(12-15-7-8-18-19-15)13-16-17-9-10-21(16)11-14-5-3-2-4-6-14/h2-6,9-10,15,18-19H,7-8,11-13H2,1H3. The maximum Gasteiger partial charge on any atom is 0.123 e. The largest absolute Gasteiger partial charge is 0.329 e. The van der Waals surface area contributed by atoms with Gasteiger partial charge in [0.1, 0.15) is 5.82 Å². The van der Waals surface area contributed by atoms with E-state index >= 15 is 0 Å². The molecule has 0 amide bonds. The van der Waals surface area contributed by atoms with Crippen LogP contribution >= 0.6 is 0 Å². The molecule has 5 nitrogen and oxygen atoms in total. The van der Waals surface area contributed by atoms with Crippen molar-refractivity contribution in [2.24, 2.45) is 0 Å². The molecule has 1 unspecified atom stereocenters. The molecule has 0 spiro atoms. The lowest BCUT2D eigenvalue weighted by molar-refractivity contribution is 0.279. The van der Waals surface area contributed by atoms with Crippen molar-refractivity contribution >= 4 is 0 Å². The van der Waals surface area contributed by atoms with Crippen LogP contribution in [0.5, 0.6) is 0 Å². The molecule has 0 saturated carbocycles. The van der Waals surface area contributed by atoms with E-state index in [1.165, 1.54) is 12.0 Å². The minimum Gasteiger partial charge on any atom is -0.329 e. The Morgan fingerprint density at radius 1 is 1.33 bits per heavy atom. The normalized spacial score (nSPS) is 18.5. The smallest absolute Gasteiger partial charge is 0.123 e. The molecule has 0 radical (unpaired) electrons. The lowest BCUT2D eigenvalue weighted by Crippen LogP contribution is -2.38. The summed E-state index contributed by atoms with van der Waals surface area (Å²) in [6.45, 7) is 3.84. The Balaban J connectivity index is 1.59. The summed E-state index contributed by atoms with van der Waals surface area (Å²) >= 11 is 0. The Morgan fingerprint density at radius 2 is 2.19 bits per heavy atom. The molecule has 1 atom stereocenters. The lowest BCUT2D eigenvalue weighted by atomic mass is 10.2. The number of nitrogens with one attached hydrogen (secondary N) is 2. The zero-order chi connectivity index (χ0) is 14.5. The van der Waals surface area contributed by atoms with Crippen LogP contribution in [0.1, 0.15) is 17.8 Å². The predicted molar refractivity (Wildman–Crippen MR) is 83.6 cm³/mol. The van der Waals surface area contributed by atoms with Crippen LogP contribution in [-0.2, 0) is 13.1 Å². The second-order valence-corrected chi connectivity index (χ2v) is 5.71. The number of aromatic nitrogens is 2. The van der Waals surface area contributed by atoms with E-state index in [1.54, 1.807) is 0 Å². The van der Waals surface area contributed by atoms with E-state index in [1.807, 2.05) is 6.20 Å². The van der Waals surface area contributed by atoms with Gasteiger partial charge in [0, 0.05) is 38.1 Å². The van der Waals surface area contributed by atoms with E-state index in [0.717, 1.165) is 32.0 Å². The molecule has 3 rings (SSSR count). The van der Waals surface area contributed by atoms with Crippen molar-refractivity contribution in [1.82, 2.24) is 25.3 Å². The van der Waals surface area contributed by atoms with Gasteiger partial charge in [-0.15, -0.1) is 0 Å². The molecule has 1 fully saturated rings. The third kappa shape index (κ3) is 3.91. The van der Waals surface area contributed by atoms with E-state index in [4.69, 9.17) is 0 Å². The Labute approximate surface area is 126 Å². The fourth-order valence-electron chi connectivity index (χ4n) is 2.77. The Kier molecular flexibility index (Phi) is 4.65. The molecular weight excluding hydrogens is 262 g/mol. The second-order valence-electron chi connectivity index (χ2n) is 5.71. The molecule has 2 N–H and O–H groups in total. The lowest BCUT2D eigenvalue weighted by Gasteiger charge is -2.20. The Bertz CT molecular complexity index is 545. The topological polar surface area (TPSA) is 45.1 Å². The quantitative estimate of drug-likeness (QED) is 0.838. The van der Waals surface area contributed by atoms with Crippen LogP contribution in [0.3, 0.4) is 0 Å². The van der Waals surface area contributed by atoms with Crippen LogP contribution in [0.25, 0.3) is 0 Å². The van der Waals surface area contributed by atoms with Gasteiger partial charge in [-0.1, -0.05) is 30.3 Å². The molecule has 2 aromatic rings. The van der Waals surface area contributed by atoms with Crippen LogP contribution in [0, 0.1) is 0 Å². The number of rotatable bonds is 6. The van der Waals surface area contributed by atoms with E-state index in [-0.39, 0.29) is 0 Å². The highest BCUT2D eigenvalue weighted by Crippen LogP contribution is 2.08. The van der Waals surface area contributed by atoms with Gasteiger partial charge in [0.05, 0.1) is 6.54 Å². The monoisotopic (exact) mass is 285 g/mol. The first-order chi connectivity index (χ1) is 10.3. The number of hydrogen-bond acceptors (Lipinski definition) is 4. The molecule has 1 aromatic carbocycles. The highest BCUT2D eigenvalue weighted by atomic mass is 15.4. The number of hydrazine groups is 1. The van der Waals surface area contributed by atoms with Gasteiger partial charge >= 0.3 is 0 Å². The average molecular weight is 285 g/mol. The van der Waals surface area contributed by atoms with Crippen molar-refractivity contribution in [3.05, 3.63) is 54.1 Å². The summed E-state index contributed by atoms with van der Waals surface area (Å²) < 4.78 is 2.23. The summed E-state index contributed by atoms with van der Waals surface area (Å²) in [5, 5.41) is 0. The zero-order valence-electron chi connectivity index (χ0n) is 12.5. The molecular formula is C16H23N5. The SMILES string of the molecule is CN(Cc1nccn1Cc1ccccc1)CC1CCNN1. The first-order valence-corrected chi connectivity index (χ1v) is 7.52. The van der Waals surface area contributed by atoms with Gasteiger partial charge in [0.25, 0.3) is 0 Å². The number of hydrogen-bond donors (Lipinski definition) is 2. The molecule has 0 bridgehead atoms. The van der Waals surface area contributed by atoms with Crippen LogP contribution in [0.15, 0.2) is 42.7 Å². The Morgan fingerprint density at radius 3 is 2.95 bits per heavy atom. The van der Waals surface area contributed by atoms with Gasteiger partial charge in [-0.3, -0.25) is 15.8 Å². The maximum absolute atomic E-state index is 4.51. The fourth-order valence-corrected chi connectivity index (χ4v) is 2.77. The van der Waals surface area contributed by atoms with Gasteiger partial charge in [0.2, 0.25) is 0 Å². The molecule has 0 aliphatic carbocycles. The molecule has 112 valence electrons. The van der Waals surface area contributed by atoms with Gasteiger partial charge in [-0.25, -0.2) is 4.98 Å². The molecule has 1 aliphatic rings. The summed E-state index contributed by atoms with van der Waals surface area (Å²) in [7, 11) is 2.15. The summed E-state index contributed by atoms with van der Waals surface area (Å²) in [6, 6.07) is 11.1. The summed E-state index contributed by atoms with van der Waals surface area (Å²) in [5.41, 5.74) is 7.79. The minimum atomic E-state index is 0.535. The number of imidazole rings is 1. The summed E-state index contributed by atoms with van der Waals surface area (Å²) in [6.07, 6.45) is 5.13. The summed E-state index contributed by atoms with van der Waals surface area (Å²) in [4.78, 5) is 6.84. The van der Waals surface area contributed by atoms with Crippen LogP contribution in [0.2, 0.25) is 0 Å². The molecule has 1 aliphatic heterocycles. The highest BCUT2D eigenvalue weighted by molar-refractivity contribution is 5.15. The van der Waals surface area contributed by atoms with E-state index in [0.29, 0.717) is 6.04 Å². The first-order valence-electron chi connectivity index (χ1n) is 7.52. The minimum absolute atomic E-state index is 0.535. The van der Waals surface area contributed by atoms with Crippen molar-refractivity contribution in [1.29, 1.82) is 0 Å². The van der Waals surface area contributed by atoms with Gasteiger partial charge in [-0.2, -0.15) is 0 Å². The van der Waals surface area contributed by atoms with E-state index in [2.05, 4.69) is 68.9 Å². The predicted octanol–water partition coefficient (Wildman–Crippen LogP) is 1.23. The summed E-state index contributed by atoms with van der Waals surface area (Å²) in [5.74, 6) is 1.12. The number of benzene rings is 1. The van der Waals surface area contributed by atoms with Crippen molar-refractivity contribution < 1.29 is 0 Å². The van der Waals surface area contributed by atoms with Gasteiger partial charge in [0.15, 0.2) is 0 Å². The molecule has 1 saturated heterocycles. The van der Waals surface area contributed by atoms with Crippen LogP contribution in [-0.4, -0.2) is 40.6 Å². The fraction of sp³-hybridized carbons (Fsp3) is 0.438. The van der Waals surface area contributed by atoms with Crippen molar-refractivity contribution in [2.75, 3.05) is 20.1 Å². The first kappa shape index (κ1) is 14.3. The molecule has 2 heterocycles. The number of likely N-dealkylation sites (N-methyl/N-ethyl adjacent to an activating group) is 1. The number of nitrogens with zero attached hydrogens (tertiary/aromatic N) is 3. The van der Waals surface area contributed by atoms with E-state index in [9.17, 15) is 0 Å². The molecule has 5 heteroatoms. The third-order valence-corrected chi connectivity index (χ3v) is 3.86. The average Bonchev–Trinajstić information content (AvgIpc) is 3.13. The second kappa shape index (κ2) is 6.85. The molecule has 1 aromatic heterocycles. The maximum atomic E-state index is 4.51. The Hall–Kier alpha value is -1.69.